The van der Waals surface area contributed by atoms with E-state index < -0.39 is 5.60 Å². The van der Waals surface area contributed by atoms with E-state index in [0.29, 0.717) is 24.1 Å². The largest absolute Gasteiger partial charge is 0.449 e. The second-order valence-electron chi connectivity index (χ2n) is 7.83. The summed E-state index contributed by atoms with van der Waals surface area (Å²) in [7, 11) is 0. The Labute approximate surface area is 142 Å². The van der Waals surface area contributed by atoms with Crippen LogP contribution in [0.2, 0.25) is 0 Å². The number of carbonyl (C=O) groups excluding carboxylic acids is 1. The molecule has 1 N–H and O–H groups in total. The maximum Gasteiger partial charge on any atom is 0.407 e. The molecule has 1 aliphatic carbocycles. The van der Waals surface area contributed by atoms with Crippen LogP contribution in [0.25, 0.3) is 0 Å². The molecular formula is C18H25N3O3. The Balaban J connectivity index is 1.54. The van der Waals surface area contributed by atoms with Gasteiger partial charge in [-0.25, -0.2) is 4.79 Å². The van der Waals surface area contributed by atoms with E-state index in [1.165, 1.54) is 0 Å². The number of nitrogens with zero attached hydrogens (tertiary/aromatic N) is 2. The minimum Gasteiger partial charge on any atom is -0.449 e. The molecular weight excluding hydrogens is 306 g/mol. The number of hydrogen-bond acceptors (Lipinski definition) is 5. The summed E-state index contributed by atoms with van der Waals surface area (Å²) in [6.07, 6.45) is 1.82. The maximum atomic E-state index is 12.0. The van der Waals surface area contributed by atoms with Gasteiger partial charge < -0.3 is 14.5 Å². The average Bonchev–Trinajstić information content (AvgIpc) is 3.15. The van der Waals surface area contributed by atoms with Crippen LogP contribution >= 0.6 is 0 Å². The Kier molecular flexibility index (Phi) is 4.55. The summed E-state index contributed by atoms with van der Waals surface area (Å²) in [5.41, 5.74) is -0.471. The summed E-state index contributed by atoms with van der Waals surface area (Å²) in [6, 6.07) is 5.77. The zero-order valence-corrected chi connectivity index (χ0v) is 14.5. The third-order valence-electron chi connectivity index (χ3n) is 4.79. The first kappa shape index (κ1) is 16.8. The number of ether oxygens (including phenoxy) is 1. The van der Waals surface area contributed by atoms with E-state index in [-0.39, 0.29) is 12.1 Å². The molecule has 0 unspecified atom stereocenters. The Morgan fingerprint density at radius 3 is 2.88 bits per heavy atom. The van der Waals surface area contributed by atoms with Crippen LogP contribution in [0.5, 0.6) is 0 Å². The number of furan rings is 1. The first-order valence-corrected chi connectivity index (χ1v) is 8.55. The third-order valence-corrected chi connectivity index (χ3v) is 4.79. The van der Waals surface area contributed by atoms with Crippen LogP contribution in [-0.2, 0) is 11.3 Å². The zero-order chi connectivity index (χ0) is 17.3. The lowest BCUT2D eigenvalue weighted by Gasteiger charge is -2.24. The standard InChI is InChI=1S/C18H25N3O3/c1-18(2,3)24-17(22)20-16-7-4-12-9-21(11-15(12)16)10-14-6-5-13(8-19)23-14/h5-6,12,15-16H,4,7,9-11H2,1-3H3,(H,20,22)/t12-,15+,16+/m0/s1. The van der Waals surface area contributed by atoms with E-state index in [1.807, 2.05) is 32.9 Å². The van der Waals surface area contributed by atoms with Crippen LogP contribution in [0.15, 0.2) is 16.5 Å². The van der Waals surface area contributed by atoms with E-state index in [0.717, 1.165) is 31.7 Å². The van der Waals surface area contributed by atoms with Crippen LogP contribution < -0.4 is 5.32 Å². The smallest absolute Gasteiger partial charge is 0.407 e. The Hall–Kier alpha value is -2.00. The molecule has 1 saturated heterocycles. The van der Waals surface area contributed by atoms with Gasteiger partial charge >= 0.3 is 6.09 Å². The maximum absolute atomic E-state index is 12.0. The van der Waals surface area contributed by atoms with Gasteiger partial charge in [0.1, 0.15) is 17.4 Å². The number of alkyl carbamates (subject to hydrolysis) is 1. The second kappa shape index (κ2) is 6.48. The molecule has 1 amide bonds. The molecule has 1 aromatic heterocycles. The highest BCUT2D eigenvalue weighted by atomic mass is 16.6. The van der Waals surface area contributed by atoms with Crippen molar-refractivity contribution in [2.24, 2.45) is 11.8 Å². The van der Waals surface area contributed by atoms with Gasteiger partial charge in [-0.3, -0.25) is 4.90 Å². The minimum atomic E-state index is -0.471. The van der Waals surface area contributed by atoms with Gasteiger partial charge in [-0.15, -0.1) is 0 Å². The Morgan fingerprint density at radius 1 is 1.42 bits per heavy atom. The summed E-state index contributed by atoms with van der Waals surface area (Å²) in [5.74, 6) is 2.25. The summed E-state index contributed by atoms with van der Waals surface area (Å²) >= 11 is 0. The molecule has 3 rings (SSSR count). The van der Waals surface area contributed by atoms with Crippen molar-refractivity contribution in [2.75, 3.05) is 13.1 Å². The van der Waals surface area contributed by atoms with E-state index >= 15 is 0 Å². The van der Waals surface area contributed by atoms with Gasteiger partial charge in [0.25, 0.3) is 0 Å². The molecule has 0 spiro atoms. The summed E-state index contributed by atoms with van der Waals surface area (Å²) in [6.45, 7) is 8.29. The summed E-state index contributed by atoms with van der Waals surface area (Å²) in [4.78, 5) is 14.4. The number of likely N-dealkylation sites (tertiary alicyclic amines) is 1. The normalized spacial score (nSPS) is 26.8. The van der Waals surface area contributed by atoms with Crippen molar-refractivity contribution in [3.8, 4) is 6.07 Å². The quantitative estimate of drug-likeness (QED) is 0.921. The molecule has 2 aliphatic rings. The van der Waals surface area contributed by atoms with Crippen LogP contribution in [0, 0.1) is 23.2 Å². The fraction of sp³-hybridized carbons (Fsp3) is 0.667. The van der Waals surface area contributed by atoms with Crippen molar-refractivity contribution >= 4 is 6.09 Å². The van der Waals surface area contributed by atoms with Crippen molar-refractivity contribution in [1.29, 1.82) is 5.26 Å². The lowest BCUT2D eigenvalue weighted by atomic mass is 9.98. The van der Waals surface area contributed by atoms with Crippen molar-refractivity contribution in [1.82, 2.24) is 10.2 Å². The molecule has 3 atom stereocenters. The monoisotopic (exact) mass is 331 g/mol. The zero-order valence-electron chi connectivity index (χ0n) is 14.5. The molecule has 0 aromatic carbocycles. The number of hydrogen-bond donors (Lipinski definition) is 1. The highest BCUT2D eigenvalue weighted by Crippen LogP contribution is 2.38. The van der Waals surface area contributed by atoms with Crippen molar-refractivity contribution in [2.45, 2.75) is 51.8 Å². The van der Waals surface area contributed by atoms with Gasteiger partial charge in [0.2, 0.25) is 5.76 Å². The highest BCUT2D eigenvalue weighted by Gasteiger charge is 2.43. The molecule has 1 aliphatic heterocycles. The average molecular weight is 331 g/mol. The van der Waals surface area contributed by atoms with Gasteiger partial charge in [0.15, 0.2) is 0 Å². The summed E-state index contributed by atoms with van der Waals surface area (Å²) < 4.78 is 10.8. The van der Waals surface area contributed by atoms with E-state index in [1.54, 1.807) is 6.07 Å². The van der Waals surface area contributed by atoms with E-state index in [2.05, 4.69) is 10.2 Å². The number of rotatable bonds is 3. The SMILES string of the molecule is CC(C)(C)OC(=O)N[C@@H]1CC[C@H]2CN(Cc3ccc(C#N)o3)C[C@H]21. The number of fused-ring (bicyclic) bond motifs is 1. The number of amides is 1. The second-order valence-corrected chi connectivity index (χ2v) is 7.83. The van der Waals surface area contributed by atoms with Gasteiger partial charge in [-0.1, -0.05) is 0 Å². The lowest BCUT2D eigenvalue weighted by molar-refractivity contribution is 0.0491. The molecule has 1 saturated carbocycles. The first-order chi connectivity index (χ1) is 11.3. The Morgan fingerprint density at radius 2 is 2.21 bits per heavy atom. The van der Waals surface area contributed by atoms with Gasteiger partial charge in [0.05, 0.1) is 6.54 Å². The molecule has 6 nitrogen and oxygen atoms in total. The van der Waals surface area contributed by atoms with E-state index in [4.69, 9.17) is 14.4 Å². The van der Waals surface area contributed by atoms with Crippen LogP contribution in [0.4, 0.5) is 4.79 Å². The van der Waals surface area contributed by atoms with Crippen LogP contribution in [-0.4, -0.2) is 35.7 Å². The molecule has 1 aromatic rings. The first-order valence-electron chi connectivity index (χ1n) is 8.55. The molecule has 130 valence electrons. The van der Waals surface area contributed by atoms with Gasteiger partial charge in [-0.2, -0.15) is 5.26 Å². The van der Waals surface area contributed by atoms with E-state index in [9.17, 15) is 4.79 Å². The van der Waals surface area contributed by atoms with Gasteiger partial charge in [0, 0.05) is 19.1 Å². The molecule has 2 heterocycles. The number of nitrogens with one attached hydrogen (secondary N) is 1. The number of nitriles is 1. The van der Waals surface area contributed by atoms with Crippen molar-refractivity contribution < 1.29 is 13.9 Å². The summed E-state index contributed by atoms with van der Waals surface area (Å²) in [5, 5.41) is 11.9. The fourth-order valence-corrected chi connectivity index (χ4v) is 3.87. The predicted molar refractivity (Wildman–Crippen MR) is 88.1 cm³/mol. The third kappa shape index (κ3) is 3.90. The molecule has 2 fully saturated rings. The molecule has 0 bridgehead atoms. The minimum absolute atomic E-state index is 0.182. The fourth-order valence-electron chi connectivity index (χ4n) is 3.87. The van der Waals surface area contributed by atoms with Crippen LogP contribution in [0.1, 0.15) is 45.1 Å². The lowest BCUT2D eigenvalue weighted by Crippen LogP contribution is -2.42. The topological polar surface area (TPSA) is 78.5 Å². The van der Waals surface area contributed by atoms with Crippen LogP contribution in [0.3, 0.4) is 0 Å². The molecule has 6 heteroatoms. The van der Waals surface area contributed by atoms with Crippen molar-refractivity contribution in [3.63, 3.8) is 0 Å². The Bertz CT molecular complexity index is 641. The van der Waals surface area contributed by atoms with Crippen molar-refractivity contribution in [3.05, 3.63) is 23.7 Å². The highest BCUT2D eigenvalue weighted by molar-refractivity contribution is 5.68. The predicted octanol–water partition coefficient (Wildman–Crippen LogP) is 2.89. The molecule has 24 heavy (non-hydrogen) atoms. The van der Waals surface area contributed by atoms with Gasteiger partial charge in [-0.05, 0) is 57.6 Å². The number of carbonyl (C=O) groups is 1. The molecule has 0 radical (unpaired) electrons.